The zero-order chi connectivity index (χ0) is 12.5. The molecule has 0 radical (unpaired) electrons. The first-order valence-corrected chi connectivity index (χ1v) is 6.80. The van der Waals surface area contributed by atoms with Gasteiger partial charge in [0, 0.05) is 10.6 Å². The second kappa shape index (κ2) is 4.62. The van der Waals surface area contributed by atoms with Crippen LogP contribution >= 0.6 is 11.6 Å². The highest BCUT2D eigenvalue weighted by atomic mass is 35.5. The largest absolute Gasteiger partial charge is 0.325 e. The summed E-state index contributed by atoms with van der Waals surface area (Å²) in [4.78, 5) is 0. The van der Waals surface area contributed by atoms with Gasteiger partial charge in [0.2, 0.25) is 0 Å². The monoisotopic (exact) mass is 251 g/mol. The maximum Gasteiger partial charge on any atom is 0.0408 e. The van der Waals surface area contributed by atoms with Gasteiger partial charge in [-0.1, -0.05) is 44.0 Å². The van der Waals surface area contributed by atoms with E-state index in [1.54, 1.807) is 0 Å². The van der Waals surface area contributed by atoms with Gasteiger partial charge in [-0.25, -0.2) is 0 Å². The quantitative estimate of drug-likeness (QED) is 0.839. The van der Waals surface area contributed by atoms with Crippen molar-refractivity contribution in [2.45, 2.75) is 51.5 Å². The molecule has 0 spiro atoms. The Morgan fingerprint density at radius 2 is 2.06 bits per heavy atom. The van der Waals surface area contributed by atoms with Gasteiger partial charge in [-0.2, -0.15) is 0 Å². The fourth-order valence-electron chi connectivity index (χ4n) is 3.25. The number of benzene rings is 1. The summed E-state index contributed by atoms with van der Waals surface area (Å²) < 4.78 is 0. The molecule has 0 aliphatic heterocycles. The summed E-state index contributed by atoms with van der Waals surface area (Å²) in [6, 6.07) is 8.09. The molecule has 2 rings (SSSR count). The minimum atomic E-state index is -0.0492. The Hall–Kier alpha value is -0.530. The zero-order valence-electron chi connectivity index (χ0n) is 10.8. The van der Waals surface area contributed by atoms with E-state index in [4.69, 9.17) is 17.3 Å². The zero-order valence-corrected chi connectivity index (χ0v) is 11.6. The number of halogens is 1. The lowest BCUT2D eigenvalue weighted by atomic mass is 9.66. The highest BCUT2D eigenvalue weighted by molar-refractivity contribution is 6.30. The van der Waals surface area contributed by atoms with Crippen LogP contribution in [0.3, 0.4) is 0 Å². The Morgan fingerprint density at radius 3 is 2.71 bits per heavy atom. The van der Waals surface area contributed by atoms with E-state index >= 15 is 0 Å². The van der Waals surface area contributed by atoms with Crippen molar-refractivity contribution in [2.24, 2.45) is 11.1 Å². The summed E-state index contributed by atoms with van der Waals surface area (Å²) in [7, 11) is 0. The third kappa shape index (κ3) is 3.46. The molecular formula is C15H22ClN. The van der Waals surface area contributed by atoms with Crippen LogP contribution in [0.5, 0.6) is 0 Å². The lowest BCUT2D eigenvalue weighted by molar-refractivity contribution is 0.151. The topological polar surface area (TPSA) is 26.0 Å². The molecular weight excluding hydrogens is 230 g/mol. The second-order valence-electron chi connectivity index (χ2n) is 6.36. The third-order valence-electron chi connectivity index (χ3n) is 3.80. The number of rotatable bonds is 2. The molecule has 1 aromatic carbocycles. The number of hydrogen-bond acceptors (Lipinski definition) is 1. The van der Waals surface area contributed by atoms with Gasteiger partial charge in [-0.05, 0) is 48.8 Å². The molecule has 0 saturated heterocycles. The molecule has 0 amide bonds. The molecule has 2 N–H and O–H groups in total. The molecule has 1 aliphatic carbocycles. The van der Waals surface area contributed by atoms with Crippen LogP contribution in [-0.4, -0.2) is 5.54 Å². The van der Waals surface area contributed by atoms with Crippen molar-refractivity contribution < 1.29 is 0 Å². The summed E-state index contributed by atoms with van der Waals surface area (Å²) >= 11 is 6.02. The van der Waals surface area contributed by atoms with Gasteiger partial charge in [0.1, 0.15) is 0 Å². The predicted molar refractivity (Wildman–Crippen MR) is 74.3 cm³/mol. The standard InChI is InChI=1S/C15H22ClN/c1-14(2)7-4-8-15(17,11-14)10-12-5-3-6-13(16)9-12/h3,5-6,9H,4,7-8,10-11,17H2,1-2H3. The van der Waals surface area contributed by atoms with Crippen molar-refractivity contribution in [3.8, 4) is 0 Å². The van der Waals surface area contributed by atoms with E-state index in [0.29, 0.717) is 5.41 Å². The van der Waals surface area contributed by atoms with Gasteiger partial charge in [-0.3, -0.25) is 0 Å². The van der Waals surface area contributed by atoms with E-state index in [2.05, 4.69) is 19.9 Å². The van der Waals surface area contributed by atoms with Gasteiger partial charge >= 0.3 is 0 Å². The smallest absolute Gasteiger partial charge is 0.0408 e. The third-order valence-corrected chi connectivity index (χ3v) is 4.04. The van der Waals surface area contributed by atoms with Crippen molar-refractivity contribution in [1.29, 1.82) is 0 Å². The Bertz CT molecular complexity index is 400. The fraction of sp³-hybridized carbons (Fsp3) is 0.600. The fourth-order valence-corrected chi connectivity index (χ4v) is 3.47. The first-order valence-electron chi connectivity index (χ1n) is 6.42. The lowest BCUT2D eigenvalue weighted by Crippen LogP contribution is -2.48. The average Bonchev–Trinajstić information content (AvgIpc) is 2.14. The van der Waals surface area contributed by atoms with E-state index in [9.17, 15) is 0 Å². The van der Waals surface area contributed by atoms with Crippen molar-refractivity contribution in [3.05, 3.63) is 34.9 Å². The molecule has 2 heteroatoms. The Kier molecular flexibility index (Phi) is 3.51. The lowest BCUT2D eigenvalue weighted by Gasteiger charge is -2.42. The van der Waals surface area contributed by atoms with Gasteiger partial charge < -0.3 is 5.73 Å². The molecule has 1 unspecified atom stereocenters. The van der Waals surface area contributed by atoms with Gasteiger partial charge in [-0.15, -0.1) is 0 Å². The molecule has 1 aromatic rings. The van der Waals surface area contributed by atoms with E-state index in [1.807, 2.05) is 18.2 Å². The summed E-state index contributed by atoms with van der Waals surface area (Å²) in [6.45, 7) is 4.65. The second-order valence-corrected chi connectivity index (χ2v) is 6.80. The normalized spacial score (nSPS) is 28.0. The van der Waals surface area contributed by atoms with Crippen LogP contribution in [0.25, 0.3) is 0 Å². The van der Waals surface area contributed by atoms with Crippen LogP contribution in [0, 0.1) is 5.41 Å². The molecule has 1 aliphatic rings. The highest BCUT2D eigenvalue weighted by Gasteiger charge is 2.36. The van der Waals surface area contributed by atoms with Crippen molar-refractivity contribution in [3.63, 3.8) is 0 Å². The molecule has 1 saturated carbocycles. The van der Waals surface area contributed by atoms with E-state index in [0.717, 1.165) is 24.3 Å². The summed E-state index contributed by atoms with van der Waals surface area (Å²) in [5, 5.41) is 0.807. The van der Waals surface area contributed by atoms with Gasteiger partial charge in [0.05, 0.1) is 0 Å². The SMILES string of the molecule is CC1(C)CCCC(N)(Cc2cccc(Cl)c2)C1. The van der Waals surface area contributed by atoms with Crippen LogP contribution in [-0.2, 0) is 6.42 Å². The van der Waals surface area contributed by atoms with Crippen LogP contribution in [0.2, 0.25) is 5.02 Å². The summed E-state index contributed by atoms with van der Waals surface area (Å²) in [5.41, 5.74) is 8.17. The van der Waals surface area contributed by atoms with Crippen molar-refractivity contribution in [1.82, 2.24) is 0 Å². The first-order chi connectivity index (χ1) is 7.89. The molecule has 1 fully saturated rings. The molecule has 0 heterocycles. The predicted octanol–water partition coefficient (Wildman–Crippen LogP) is 4.18. The van der Waals surface area contributed by atoms with Crippen LogP contribution in [0.4, 0.5) is 0 Å². The van der Waals surface area contributed by atoms with E-state index < -0.39 is 0 Å². The maximum absolute atomic E-state index is 6.57. The molecule has 1 nitrogen and oxygen atoms in total. The highest BCUT2D eigenvalue weighted by Crippen LogP contribution is 2.41. The Balaban J connectivity index is 2.12. The Morgan fingerprint density at radius 1 is 1.29 bits per heavy atom. The summed E-state index contributed by atoms with van der Waals surface area (Å²) in [5.74, 6) is 0. The minimum absolute atomic E-state index is 0.0492. The maximum atomic E-state index is 6.57. The molecule has 0 bridgehead atoms. The minimum Gasteiger partial charge on any atom is -0.325 e. The van der Waals surface area contributed by atoms with Crippen LogP contribution in [0.15, 0.2) is 24.3 Å². The van der Waals surface area contributed by atoms with Gasteiger partial charge in [0.15, 0.2) is 0 Å². The average molecular weight is 252 g/mol. The molecule has 0 aromatic heterocycles. The molecule has 94 valence electrons. The van der Waals surface area contributed by atoms with Crippen molar-refractivity contribution in [2.75, 3.05) is 0 Å². The van der Waals surface area contributed by atoms with Crippen molar-refractivity contribution >= 4 is 11.6 Å². The van der Waals surface area contributed by atoms with Gasteiger partial charge in [0.25, 0.3) is 0 Å². The first kappa shape index (κ1) is 12.9. The Labute approximate surface area is 109 Å². The summed E-state index contributed by atoms with van der Waals surface area (Å²) in [6.07, 6.45) is 5.71. The molecule has 1 atom stereocenters. The van der Waals surface area contributed by atoms with Crippen LogP contribution < -0.4 is 5.73 Å². The number of nitrogens with two attached hydrogens (primary N) is 1. The van der Waals surface area contributed by atoms with Crippen LogP contribution in [0.1, 0.15) is 45.1 Å². The van der Waals surface area contributed by atoms with E-state index in [1.165, 1.54) is 18.4 Å². The van der Waals surface area contributed by atoms with E-state index in [-0.39, 0.29) is 5.54 Å². The number of hydrogen-bond donors (Lipinski definition) is 1. The molecule has 17 heavy (non-hydrogen) atoms.